The Morgan fingerprint density at radius 1 is 1.29 bits per heavy atom. The Labute approximate surface area is 99.8 Å². The quantitative estimate of drug-likeness (QED) is 0.793. The molecule has 0 spiro atoms. The van der Waals surface area contributed by atoms with Gasteiger partial charge in [-0.3, -0.25) is 0 Å². The number of imidazole rings is 1. The van der Waals surface area contributed by atoms with Crippen molar-refractivity contribution in [2.75, 3.05) is 37.0 Å². The lowest BCUT2D eigenvalue weighted by atomic mass is 10.2. The maximum atomic E-state index is 6.00. The summed E-state index contributed by atoms with van der Waals surface area (Å²) in [5.41, 5.74) is 9.22. The molecule has 1 fully saturated rings. The molecule has 0 saturated carbocycles. The Kier molecular flexibility index (Phi) is 2.40. The van der Waals surface area contributed by atoms with Crippen LogP contribution in [0.3, 0.4) is 0 Å². The van der Waals surface area contributed by atoms with Gasteiger partial charge in [0.2, 0.25) is 5.95 Å². The van der Waals surface area contributed by atoms with E-state index in [9.17, 15) is 0 Å². The van der Waals surface area contributed by atoms with E-state index in [4.69, 9.17) is 10.5 Å². The maximum Gasteiger partial charge on any atom is 0.220 e. The molecule has 17 heavy (non-hydrogen) atoms. The van der Waals surface area contributed by atoms with Crippen LogP contribution in [0.5, 0.6) is 0 Å². The molecule has 0 aliphatic carbocycles. The molecule has 2 aromatic rings. The van der Waals surface area contributed by atoms with E-state index in [1.165, 1.54) is 5.56 Å². The van der Waals surface area contributed by atoms with Gasteiger partial charge in [0.25, 0.3) is 0 Å². The highest BCUT2D eigenvalue weighted by Crippen LogP contribution is 2.19. The summed E-state index contributed by atoms with van der Waals surface area (Å²) in [5, 5.41) is 2.18. The first-order chi connectivity index (χ1) is 8.25. The molecule has 5 heteroatoms. The van der Waals surface area contributed by atoms with E-state index >= 15 is 0 Å². The number of benzene rings is 1. The molecular weight excluding hydrogens is 216 g/mol. The Balaban J connectivity index is 2.11. The number of aromatic nitrogens is 2. The van der Waals surface area contributed by atoms with Crippen LogP contribution in [0.15, 0.2) is 18.2 Å². The van der Waals surface area contributed by atoms with Crippen molar-refractivity contribution in [2.24, 2.45) is 0 Å². The van der Waals surface area contributed by atoms with E-state index in [1.807, 2.05) is 4.68 Å². The van der Waals surface area contributed by atoms with Gasteiger partial charge in [-0.05, 0) is 24.6 Å². The van der Waals surface area contributed by atoms with E-state index in [1.54, 1.807) is 0 Å². The van der Waals surface area contributed by atoms with Crippen LogP contribution < -0.4 is 10.7 Å². The van der Waals surface area contributed by atoms with Crippen LogP contribution >= 0.6 is 0 Å². The highest BCUT2D eigenvalue weighted by atomic mass is 16.5. The second kappa shape index (κ2) is 3.92. The number of morpholine rings is 1. The smallest absolute Gasteiger partial charge is 0.220 e. The van der Waals surface area contributed by atoms with E-state index < -0.39 is 0 Å². The minimum Gasteiger partial charge on any atom is -0.378 e. The standard InChI is InChI=1S/C12H16N4O/c1-9-2-3-11-10(8-9)14-12(13)16(11)15-4-6-17-7-5-15/h2-3,8H,4-7H2,1H3,(H2,13,14). The number of anilines is 1. The van der Waals surface area contributed by atoms with E-state index in [-0.39, 0.29) is 0 Å². The molecular formula is C12H16N4O. The summed E-state index contributed by atoms with van der Waals surface area (Å²) in [5.74, 6) is 0.549. The molecule has 1 aromatic carbocycles. The largest absolute Gasteiger partial charge is 0.378 e. The first-order valence-electron chi connectivity index (χ1n) is 5.83. The third-order valence-corrected chi connectivity index (χ3v) is 3.08. The summed E-state index contributed by atoms with van der Waals surface area (Å²) in [4.78, 5) is 4.41. The molecule has 90 valence electrons. The van der Waals surface area contributed by atoms with Crippen LogP contribution in [-0.2, 0) is 4.74 Å². The predicted octanol–water partition coefficient (Wildman–Crippen LogP) is 0.895. The molecule has 0 unspecified atom stereocenters. The number of nitrogen functional groups attached to an aromatic ring is 1. The molecule has 2 heterocycles. The summed E-state index contributed by atoms with van der Waals surface area (Å²) < 4.78 is 7.35. The zero-order chi connectivity index (χ0) is 11.8. The van der Waals surface area contributed by atoms with Gasteiger partial charge in [0.05, 0.1) is 37.3 Å². The lowest BCUT2D eigenvalue weighted by Gasteiger charge is -2.30. The zero-order valence-corrected chi connectivity index (χ0v) is 9.89. The molecule has 1 aromatic heterocycles. The maximum absolute atomic E-state index is 6.00. The van der Waals surface area contributed by atoms with Crippen LogP contribution in [-0.4, -0.2) is 36.0 Å². The van der Waals surface area contributed by atoms with E-state index in [2.05, 4.69) is 35.1 Å². The normalized spacial score (nSPS) is 16.6. The van der Waals surface area contributed by atoms with Gasteiger partial charge < -0.3 is 15.5 Å². The molecule has 1 aliphatic heterocycles. The van der Waals surface area contributed by atoms with Crippen LogP contribution in [0.4, 0.5) is 5.95 Å². The van der Waals surface area contributed by atoms with Crippen molar-refractivity contribution in [1.82, 2.24) is 9.66 Å². The Morgan fingerprint density at radius 3 is 2.82 bits per heavy atom. The topological polar surface area (TPSA) is 56.3 Å². The number of nitrogens with two attached hydrogens (primary N) is 1. The first-order valence-corrected chi connectivity index (χ1v) is 5.83. The Bertz CT molecular complexity index is 543. The minimum atomic E-state index is 0.549. The fourth-order valence-corrected chi connectivity index (χ4v) is 2.25. The molecule has 1 saturated heterocycles. The van der Waals surface area contributed by atoms with E-state index in [0.29, 0.717) is 5.95 Å². The molecule has 0 atom stereocenters. The highest BCUT2D eigenvalue weighted by molar-refractivity contribution is 5.79. The van der Waals surface area contributed by atoms with Crippen molar-refractivity contribution in [3.8, 4) is 0 Å². The monoisotopic (exact) mass is 232 g/mol. The molecule has 3 rings (SSSR count). The molecule has 0 amide bonds. The molecule has 0 radical (unpaired) electrons. The lowest BCUT2D eigenvalue weighted by Crippen LogP contribution is -2.44. The number of aryl methyl sites for hydroxylation is 1. The van der Waals surface area contributed by atoms with Gasteiger partial charge in [-0.1, -0.05) is 6.07 Å². The number of nitrogens with zero attached hydrogens (tertiary/aromatic N) is 3. The number of fused-ring (bicyclic) bond motifs is 1. The second-order valence-electron chi connectivity index (χ2n) is 4.34. The third-order valence-electron chi connectivity index (χ3n) is 3.08. The van der Waals surface area contributed by atoms with Crippen molar-refractivity contribution in [1.29, 1.82) is 0 Å². The van der Waals surface area contributed by atoms with E-state index in [0.717, 1.165) is 37.3 Å². The summed E-state index contributed by atoms with van der Waals surface area (Å²) >= 11 is 0. The predicted molar refractivity (Wildman–Crippen MR) is 67.7 cm³/mol. The van der Waals surface area contributed by atoms with Crippen molar-refractivity contribution in [3.05, 3.63) is 23.8 Å². The summed E-state index contributed by atoms with van der Waals surface area (Å²) in [6.07, 6.45) is 0. The van der Waals surface area contributed by atoms with Crippen molar-refractivity contribution < 1.29 is 4.74 Å². The Morgan fingerprint density at radius 2 is 2.06 bits per heavy atom. The molecule has 0 bridgehead atoms. The van der Waals surface area contributed by atoms with Crippen molar-refractivity contribution in [3.63, 3.8) is 0 Å². The van der Waals surface area contributed by atoms with Gasteiger partial charge in [0, 0.05) is 0 Å². The fraction of sp³-hybridized carbons (Fsp3) is 0.417. The number of hydrogen-bond donors (Lipinski definition) is 1. The second-order valence-corrected chi connectivity index (χ2v) is 4.34. The number of ether oxygens (including phenoxy) is 1. The minimum absolute atomic E-state index is 0.549. The lowest BCUT2D eigenvalue weighted by molar-refractivity contribution is 0.112. The van der Waals surface area contributed by atoms with Crippen LogP contribution in [0.2, 0.25) is 0 Å². The van der Waals surface area contributed by atoms with Gasteiger partial charge >= 0.3 is 0 Å². The average Bonchev–Trinajstić information content (AvgIpc) is 2.65. The van der Waals surface area contributed by atoms with Gasteiger partial charge in [-0.2, -0.15) is 0 Å². The summed E-state index contributed by atoms with van der Waals surface area (Å²) in [6, 6.07) is 6.21. The van der Waals surface area contributed by atoms with Crippen LogP contribution in [0, 0.1) is 6.92 Å². The number of hydrogen-bond acceptors (Lipinski definition) is 4. The van der Waals surface area contributed by atoms with Crippen LogP contribution in [0.25, 0.3) is 11.0 Å². The molecule has 2 N–H and O–H groups in total. The van der Waals surface area contributed by atoms with Gasteiger partial charge in [0.15, 0.2) is 0 Å². The summed E-state index contributed by atoms with van der Waals surface area (Å²) in [6.45, 7) is 5.24. The van der Waals surface area contributed by atoms with Gasteiger partial charge in [-0.15, -0.1) is 0 Å². The SMILES string of the molecule is Cc1ccc2c(c1)nc(N)n2N1CCOCC1. The number of rotatable bonds is 1. The Hall–Kier alpha value is -1.75. The average molecular weight is 232 g/mol. The third kappa shape index (κ3) is 1.72. The molecule has 1 aliphatic rings. The molecule has 5 nitrogen and oxygen atoms in total. The highest BCUT2D eigenvalue weighted by Gasteiger charge is 2.16. The van der Waals surface area contributed by atoms with Gasteiger partial charge in [0.1, 0.15) is 0 Å². The summed E-state index contributed by atoms with van der Waals surface area (Å²) in [7, 11) is 0. The van der Waals surface area contributed by atoms with Gasteiger partial charge in [-0.25, -0.2) is 9.66 Å². The fourth-order valence-electron chi connectivity index (χ4n) is 2.25. The van der Waals surface area contributed by atoms with Crippen molar-refractivity contribution in [2.45, 2.75) is 6.92 Å². The zero-order valence-electron chi connectivity index (χ0n) is 9.89. The first kappa shape index (κ1) is 10.4. The van der Waals surface area contributed by atoms with Crippen LogP contribution in [0.1, 0.15) is 5.56 Å². The van der Waals surface area contributed by atoms with Crippen molar-refractivity contribution >= 4 is 17.0 Å².